The van der Waals surface area contributed by atoms with Gasteiger partial charge in [0.05, 0.1) is 28.5 Å². The van der Waals surface area contributed by atoms with Gasteiger partial charge in [-0.3, -0.25) is 9.59 Å². The molecule has 0 atom stereocenters. The van der Waals surface area contributed by atoms with Crippen LogP contribution in [0.25, 0.3) is 10.2 Å². The number of aromatic amines is 1. The van der Waals surface area contributed by atoms with Gasteiger partial charge in [0.1, 0.15) is 10.5 Å². The van der Waals surface area contributed by atoms with Gasteiger partial charge in [-0.25, -0.2) is 4.98 Å². The van der Waals surface area contributed by atoms with E-state index in [0.29, 0.717) is 26.1 Å². The van der Waals surface area contributed by atoms with Gasteiger partial charge in [-0.2, -0.15) is 0 Å². The van der Waals surface area contributed by atoms with Crippen LogP contribution in [0, 0.1) is 0 Å². The number of nitrogens with zero attached hydrogens (tertiary/aromatic N) is 2. The van der Waals surface area contributed by atoms with E-state index in [1.807, 2.05) is 5.38 Å². The highest BCUT2D eigenvalue weighted by atomic mass is 35.5. The van der Waals surface area contributed by atoms with E-state index >= 15 is 0 Å². The summed E-state index contributed by atoms with van der Waals surface area (Å²) in [6.45, 7) is 0.223. The maximum Gasteiger partial charge on any atom is 0.268 e. The van der Waals surface area contributed by atoms with Crippen molar-refractivity contribution in [2.45, 2.75) is 13.0 Å². The standard InChI is InChI=1S/C16H13Cl2N3O2S/c1-21(14(22)7-9-2-3-10(17)11(18)6-9)8-13-19-12-4-5-24-15(12)16(23)20-13/h2-6H,7-8H2,1H3,(H,19,20,23). The van der Waals surface area contributed by atoms with Crippen molar-refractivity contribution in [1.29, 1.82) is 0 Å². The summed E-state index contributed by atoms with van der Waals surface area (Å²) in [5.74, 6) is 0.345. The first-order chi connectivity index (χ1) is 11.4. The van der Waals surface area contributed by atoms with Crippen LogP contribution in [0.15, 0.2) is 34.4 Å². The number of hydrogen-bond donors (Lipinski definition) is 1. The molecule has 5 nitrogen and oxygen atoms in total. The third-order valence-corrected chi connectivity index (χ3v) is 5.16. The first-order valence-electron chi connectivity index (χ1n) is 7.08. The topological polar surface area (TPSA) is 66.1 Å². The van der Waals surface area contributed by atoms with Crippen molar-refractivity contribution in [1.82, 2.24) is 14.9 Å². The number of rotatable bonds is 4. The second kappa shape index (κ2) is 6.93. The smallest absolute Gasteiger partial charge is 0.268 e. The molecule has 0 radical (unpaired) electrons. The summed E-state index contributed by atoms with van der Waals surface area (Å²) >= 11 is 13.2. The van der Waals surface area contributed by atoms with Gasteiger partial charge in [-0.1, -0.05) is 29.3 Å². The van der Waals surface area contributed by atoms with Crippen LogP contribution >= 0.6 is 34.5 Å². The van der Waals surface area contributed by atoms with Gasteiger partial charge in [0.2, 0.25) is 5.91 Å². The normalized spacial score (nSPS) is 11.0. The summed E-state index contributed by atoms with van der Waals surface area (Å²) in [4.78, 5) is 32.9. The number of nitrogens with one attached hydrogen (secondary N) is 1. The predicted molar refractivity (Wildman–Crippen MR) is 96.9 cm³/mol. The van der Waals surface area contributed by atoms with Gasteiger partial charge in [0.15, 0.2) is 0 Å². The zero-order valence-corrected chi connectivity index (χ0v) is 15.0. The average Bonchev–Trinajstić information content (AvgIpc) is 3.00. The molecule has 2 heterocycles. The minimum absolute atomic E-state index is 0.110. The molecule has 2 aromatic heterocycles. The predicted octanol–water partition coefficient (Wildman–Crippen LogP) is 3.49. The zero-order valence-electron chi connectivity index (χ0n) is 12.7. The van der Waals surface area contributed by atoms with Crippen LogP contribution in [0.1, 0.15) is 11.4 Å². The average molecular weight is 382 g/mol. The molecule has 0 bridgehead atoms. The summed E-state index contributed by atoms with van der Waals surface area (Å²) in [5.41, 5.74) is 1.23. The lowest BCUT2D eigenvalue weighted by Crippen LogP contribution is -2.29. The molecule has 0 aliphatic heterocycles. The Morgan fingerprint density at radius 2 is 2.08 bits per heavy atom. The molecule has 1 N–H and O–H groups in total. The fourth-order valence-corrected chi connectivity index (χ4v) is 3.31. The van der Waals surface area contributed by atoms with E-state index in [4.69, 9.17) is 23.2 Å². The van der Waals surface area contributed by atoms with Crippen molar-refractivity contribution < 1.29 is 4.79 Å². The summed E-state index contributed by atoms with van der Waals surface area (Å²) in [6.07, 6.45) is 0.193. The Bertz CT molecular complexity index is 967. The van der Waals surface area contributed by atoms with Crippen molar-refractivity contribution in [2.75, 3.05) is 7.05 Å². The highest BCUT2D eigenvalue weighted by Gasteiger charge is 2.13. The summed E-state index contributed by atoms with van der Waals surface area (Å²) in [5, 5.41) is 2.68. The van der Waals surface area contributed by atoms with Crippen molar-refractivity contribution in [3.8, 4) is 0 Å². The third-order valence-electron chi connectivity index (χ3n) is 3.52. The highest BCUT2D eigenvalue weighted by Crippen LogP contribution is 2.23. The highest BCUT2D eigenvalue weighted by molar-refractivity contribution is 7.17. The van der Waals surface area contributed by atoms with Crippen LogP contribution in [0.4, 0.5) is 0 Å². The molecule has 1 amide bonds. The number of thiophene rings is 1. The van der Waals surface area contributed by atoms with Crippen LogP contribution in [-0.2, 0) is 17.8 Å². The summed E-state index contributed by atoms with van der Waals surface area (Å²) < 4.78 is 0.587. The molecule has 1 aromatic carbocycles. The Morgan fingerprint density at radius 1 is 1.29 bits per heavy atom. The number of fused-ring (bicyclic) bond motifs is 1. The first-order valence-corrected chi connectivity index (χ1v) is 8.72. The van der Waals surface area contributed by atoms with Gasteiger partial charge < -0.3 is 9.88 Å². The van der Waals surface area contributed by atoms with E-state index in [9.17, 15) is 9.59 Å². The molecule has 8 heteroatoms. The molecule has 0 aliphatic carbocycles. The Morgan fingerprint density at radius 3 is 2.83 bits per heavy atom. The molecule has 0 aliphatic rings. The van der Waals surface area contributed by atoms with E-state index in [2.05, 4.69) is 9.97 Å². The molecule has 3 rings (SSSR count). The van der Waals surface area contributed by atoms with Crippen LogP contribution < -0.4 is 5.56 Å². The van der Waals surface area contributed by atoms with Crippen molar-refractivity contribution in [3.63, 3.8) is 0 Å². The van der Waals surface area contributed by atoms with Crippen LogP contribution in [-0.4, -0.2) is 27.8 Å². The molecule has 24 heavy (non-hydrogen) atoms. The fourth-order valence-electron chi connectivity index (χ4n) is 2.27. The lowest BCUT2D eigenvalue weighted by Gasteiger charge is -2.16. The number of H-pyrrole nitrogens is 1. The molecule has 3 aromatic rings. The number of aromatic nitrogens is 2. The van der Waals surface area contributed by atoms with Crippen LogP contribution in [0.5, 0.6) is 0 Å². The van der Waals surface area contributed by atoms with Crippen molar-refractivity contribution in [2.24, 2.45) is 0 Å². The second-order valence-electron chi connectivity index (χ2n) is 5.32. The molecule has 0 spiro atoms. The maximum atomic E-state index is 12.3. The van der Waals surface area contributed by atoms with Crippen molar-refractivity contribution in [3.05, 3.63) is 61.4 Å². The number of halogens is 2. The van der Waals surface area contributed by atoms with E-state index in [1.54, 1.807) is 31.3 Å². The molecule has 0 saturated carbocycles. The number of likely N-dealkylation sites (N-methyl/N-ethyl adjacent to an activating group) is 1. The van der Waals surface area contributed by atoms with Gasteiger partial charge in [-0.15, -0.1) is 11.3 Å². The fraction of sp³-hybridized carbons (Fsp3) is 0.188. The number of hydrogen-bond acceptors (Lipinski definition) is 4. The lowest BCUT2D eigenvalue weighted by molar-refractivity contribution is -0.129. The Labute approximate surface area is 151 Å². The SMILES string of the molecule is CN(Cc1nc2ccsc2c(=O)[nH]1)C(=O)Cc1ccc(Cl)c(Cl)c1. The Kier molecular flexibility index (Phi) is 4.89. The first kappa shape index (κ1) is 17.0. The minimum Gasteiger partial charge on any atom is -0.338 e. The third kappa shape index (κ3) is 3.61. The van der Waals surface area contributed by atoms with Crippen LogP contribution in [0.3, 0.4) is 0 Å². The van der Waals surface area contributed by atoms with E-state index < -0.39 is 0 Å². The lowest BCUT2D eigenvalue weighted by atomic mass is 10.1. The van der Waals surface area contributed by atoms with Gasteiger partial charge in [-0.05, 0) is 29.1 Å². The number of amides is 1. The minimum atomic E-state index is -0.185. The molecule has 124 valence electrons. The molecular formula is C16H13Cl2N3O2S. The number of benzene rings is 1. The monoisotopic (exact) mass is 381 g/mol. The Hall–Kier alpha value is -1.89. The number of carbonyl (C=O) groups is 1. The van der Waals surface area contributed by atoms with Gasteiger partial charge >= 0.3 is 0 Å². The van der Waals surface area contributed by atoms with Crippen molar-refractivity contribution >= 4 is 50.7 Å². The largest absolute Gasteiger partial charge is 0.338 e. The summed E-state index contributed by atoms with van der Waals surface area (Å²) in [7, 11) is 1.66. The van der Waals surface area contributed by atoms with E-state index in [1.165, 1.54) is 16.2 Å². The van der Waals surface area contributed by atoms with Gasteiger partial charge in [0.25, 0.3) is 5.56 Å². The van der Waals surface area contributed by atoms with E-state index in [0.717, 1.165) is 5.56 Å². The molecule has 0 fully saturated rings. The second-order valence-corrected chi connectivity index (χ2v) is 7.05. The maximum absolute atomic E-state index is 12.3. The molecule has 0 saturated heterocycles. The Balaban J connectivity index is 1.73. The quantitative estimate of drug-likeness (QED) is 0.751. The number of carbonyl (C=O) groups excluding carboxylic acids is 1. The van der Waals surface area contributed by atoms with Crippen LogP contribution in [0.2, 0.25) is 10.0 Å². The van der Waals surface area contributed by atoms with E-state index in [-0.39, 0.29) is 24.4 Å². The zero-order chi connectivity index (χ0) is 17.3. The van der Waals surface area contributed by atoms with Gasteiger partial charge in [0, 0.05) is 7.05 Å². The summed E-state index contributed by atoms with van der Waals surface area (Å²) in [6, 6.07) is 6.89. The molecule has 0 unspecified atom stereocenters. The molecular weight excluding hydrogens is 369 g/mol.